The second kappa shape index (κ2) is 6.50. The molecule has 0 aliphatic carbocycles. The molecule has 0 bridgehead atoms. The number of nitro benzene ring substituents is 1. The first kappa shape index (κ1) is 15.4. The highest BCUT2D eigenvalue weighted by Gasteiger charge is 2.41. The maximum atomic E-state index is 11.9. The molecule has 0 amide bonds. The summed E-state index contributed by atoms with van der Waals surface area (Å²) in [4.78, 5) is 24.9. The average Bonchev–Trinajstić information content (AvgIpc) is 2.46. The molecule has 1 rings (SSSR count). The van der Waals surface area contributed by atoms with Crippen molar-refractivity contribution in [3.8, 4) is 0 Å². The lowest BCUT2D eigenvalue weighted by molar-refractivity contribution is -0.386. The number of para-hydroxylation sites is 1. The quantitative estimate of drug-likeness (QED) is 0.210. The van der Waals surface area contributed by atoms with Crippen molar-refractivity contribution < 1.29 is 14.5 Å². The van der Waals surface area contributed by atoms with Gasteiger partial charge in [-0.05, 0) is 18.0 Å². The Morgan fingerprint density at radius 1 is 1.60 bits per heavy atom. The first-order valence-corrected chi connectivity index (χ1v) is 5.59. The van der Waals surface area contributed by atoms with Gasteiger partial charge in [-0.2, -0.15) is 0 Å². The molecule has 106 valence electrons. The number of azide groups is 1. The topological polar surface area (TPSA) is 144 Å². The molecule has 0 aliphatic heterocycles. The lowest BCUT2D eigenvalue weighted by Gasteiger charge is -2.25. The molecule has 1 aromatic carbocycles. The molecule has 0 saturated carbocycles. The Labute approximate surface area is 114 Å². The molecule has 20 heavy (non-hydrogen) atoms. The van der Waals surface area contributed by atoms with E-state index in [9.17, 15) is 14.9 Å². The van der Waals surface area contributed by atoms with Crippen molar-refractivity contribution in [1.29, 1.82) is 0 Å². The molecule has 9 nitrogen and oxygen atoms in total. The van der Waals surface area contributed by atoms with Crippen LogP contribution in [0.1, 0.15) is 12.0 Å². The molecule has 0 radical (unpaired) electrons. The summed E-state index contributed by atoms with van der Waals surface area (Å²) in [5.74, 6) is -0.833. The van der Waals surface area contributed by atoms with Crippen LogP contribution in [-0.2, 0) is 15.1 Å². The van der Waals surface area contributed by atoms with Crippen molar-refractivity contribution in [3.05, 3.63) is 50.4 Å². The first-order valence-electron chi connectivity index (χ1n) is 5.59. The third-order valence-electron chi connectivity index (χ3n) is 2.80. The maximum Gasteiger partial charge on any atom is 0.330 e. The predicted molar refractivity (Wildman–Crippen MR) is 69.6 cm³/mol. The lowest BCUT2D eigenvalue weighted by Crippen LogP contribution is -2.46. The van der Waals surface area contributed by atoms with Gasteiger partial charge in [0.1, 0.15) is 5.54 Å². The van der Waals surface area contributed by atoms with Crippen molar-refractivity contribution in [1.82, 2.24) is 0 Å². The Balaban J connectivity index is 3.33. The molecule has 0 saturated heterocycles. The number of esters is 1. The zero-order valence-electron chi connectivity index (χ0n) is 10.7. The van der Waals surface area contributed by atoms with Gasteiger partial charge >= 0.3 is 5.97 Å². The maximum absolute atomic E-state index is 11.9. The third-order valence-corrected chi connectivity index (χ3v) is 2.80. The van der Waals surface area contributed by atoms with Crippen LogP contribution in [0.5, 0.6) is 0 Å². The first-order chi connectivity index (χ1) is 9.47. The molecule has 1 atom stereocenters. The number of ether oxygens (including phenoxy) is 1. The molecular formula is C11H13N5O4. The molecule has 0 aliphatic rings. The number of rotatable bonds is 6. The number of benzene rings is 1. The standard InChI is InChI=1S/C11H13N5O4/c1-20-10(17)11(12,6-7-14-15-13)8-4-2-3-5-9(8)16(18)19/h2-5H,6-7,12H2,1H3/t11-/m0/s1. The summed E-state index contributed by atoms with van der Waals surface area (Å²) in [6, 6.07) is 5.62. The van der Waals surface area contributed by atoms with E-state index in [0.29, 0.717) is 0 Å². The van der Waals surface area contributed by atoms with Gasteiger partial charge in [-0.15, -0.1) is 0 Å². The lowest BCUT2D eigenvalue weighted by atomic mass is 9.86. The van der Waals surface area contributed by atoms with E-state index < -0.39 is 16.4 Å². The number of nitrogens with two attached hydrogens (primary N) is 1. The van der Waals surface area contributed by atoms with Crippen molar-refractivity contribution in [3.63, 3.8) is 0 Å². The second-order valence-corrected chi connectivity index (χ2v) is 3.94. The van der Waals surface area contributed by atoms with Crippen LogP contribution in [0.25, 0.3) is 10.4 Å². The van der Waals surface area contributed by atoms with Gasteiger partial charge in [0, 0.05) is 17.5 Å². The van der Waals surface area contributed by atoms with E-state index in [1.165, 1.54) is 24.3 Å². The van der Waals surface area contributed by atoms with Gasteiger partial charge in [-0.1, -0.05) is 17.2 Å². The Morgan fingerprint density at radius 3 is 2.80 bits per heavy atom. The van der Waals surface area contributed by atoms with E-state index in [-0.39, 0.29) is 24.2 Å². The van der Waals surface area contributed by atoms with Crippen LogP contribution in [0.3, 0.4) is 0 Å². The van der Waals surface area contributed by atoms with Crippen LogP contribution in [0.4, 0.5) is 5.69 Å². The highest BCUT2D eigenvalue weighted by molar-refractivity contribution is 5.83. The van der Waals surface area contributed by atoms with Gasteiger partial charge in [-0.25, -0.2) is 4.79 Å². The van der Waals surface area contributed by atoms with Crippen LogP contribution in [0.15, 0.2) is 29.4 Å². The van der Waals surface area contributed by atoms with E-state index >= 15 is 0 Å². The van der Waals surface area contributed by atoms with E-state index in [0.717, 1.165) is 7.11 Å². The second-order valence-electron chi connectivity index (χ2n) is 3.94. The normalized spacial score (nSPS) is 12.9. The van der Waals surface area contributed by atoms with Gasteiger partial charge in [0.25, 0.3) is 5.69 Å². The number of nitrogens with zero attached hydrogens (tertiary/aromatic N) is 4. The number of carbonyl (C=O) groups is 1. The van der Waals surface area contributed by atoms with Crippen LogP contribution in [-0.4, -0.2) is 24.5 Å². The number of nitro groups is 1. The van der Waals surface area contributed by atoms with E-state index in [1.54, 1.807) is 0 Å². The molecule has 0 unspecified atom stereocenters. The Kier molecular flexibility index (Phi) is 5.01. The molecule has 1 aromatic rings. The minimum atomic E-state index is -1.74. The molecule has 0 spiro atoms. The third kappa shape index (κ3) is 3.02. The van der Waals surface area contributed by atoms with Crippen LogP contribution in [0.2, 0.25) is 0 Å². The molecule has 0 heterocycles. The van der Waals surface area contributed by atoms with Gasteiger partial charge in [0.2, 0.25) is 0 Å². The zero-order valence-corrected chi connectivity index (χ0v) is 10.7. The summed E-state index contributed by atoms with van der Waals surface area (Å²) in [6.07, 6.45) is -0.103. The van der Waals surface area contributed by atoms with Crippen molar-refractivity contribution in [2.45, 2.75) is 12.0 Å². The SMILES string of the molecule is COC(=O)[C@](N)(CCN=[N+]=[N-])c1ccccc1[N+](=O)[O-]. The van der Waals surface area contributed by atoms with E-state index in [2.05, 4.69) is 14.8 Å². The molecule has 9 heteroatoms. The zero-order chi connectivity index (χ0) is 15.2. The monoisotopic (exact) mass is 279 g/mol. The fourth-order valence-corrected chi connectivity index (χ4v) is 1.81. The largest absolute Gasteiger partial charge is 0.467 e. The molecule has 0 aromatic heterocycles. The Hall–Kier alpha value is -2.64. The van der Waals surface area contributed by atoms with Crippen LogP contribution >= 0.6 is 0 Å². The number of methoxy groups -OCH3 is 1. The summed E-state index contributed by atoms with van der Waals surface area (Å²) in [5, 5.41) is 14.3. The Bertz CT molecular complexity index is 570. The van der Waals surface area contributed by atoms with Crippen molar-refractivity contribution in [2.24, 2.45) is 10.8 Å². The Morgan fingerprint density at radius 2 is 2.25 bits per heavy atom. The van der Waals surface area contributed by atoms with Gasteiger partial charge in [0.15, 0.2) is 0 Å². The molecular weight excluding hydrogens is 266 g/mol. The minimum Gasteiger partial charge on any atom is -0.467 e. The van der Waals surface area contributed by atoms with Crippen LogP contribution < -0.4 is 5.73 Å². The minimum absolute atomic E-state index is 0.0185. The highest BCUT2D eigenvalue weighted by Crippen LogP contribution is 2.31. The summed E-state index contributed by atoms with van der Waals surface area (Å²) in [5.41, 5.74) is 12.2. The molecule has 2 N–H and O–H groups in total. The number of hydrogen-bond donors (Lipinski definition) is 1. The summed E-state index contributed by atoms with van der Waals surface area (Å²) in [7, 11) is 1.13. The summed E-state index contributed by atoms with van der Waals surface area (Å²) < 4.78 is 4.61. The number of hydrogen-bond acceptors (Lipinski definition) is 6. The number of carbonyl (C=O) groups excluding carboxylic acids is 1. The highest BCUT2D eigenvalue weighted by atomic mass is 16.6. The van der Waals surface area contributed by atoms with Gasteiger partial charge < -0.3 is 10.5 Å². The van der Waals surface area contributed by atoms with Gasteiger partial charge in [-0.3, -0.25) is 10.1 Å². The smallest absolute Gasteiger partial charge is 0.330 e. The summed E-state index contributed by atoms with van der Waals surface area (Å²) in [6.45, 7) is -0.0891. The van der Waals surface area contributed by atoms with Crippen molar-refractivity contribution in [2.75, 3.05) is 13.7 Å². The fraction of sp³-hybridized carbons (Fsp3) is 0.364. The van der Waals surface area contributed by atoms with Crippen LogP contribution in [0, 0.1) is 10.1 Å². The molecule has 0 fully saturated rings. The summed E-state index contributed by atoms with van der Waals surface area (Å²) >= 11 is 0. The average molecular weight is 279 g/mol. The predicted octanol–water partition coefficient (Wildman–Crippen LogP) is 1.62. The van der Waals surface area contributed by atoms with Crippen molar-refractivity contribution >= 4 is 11.7 Å². The van der Waals surface area contributed by atoms with E-state index in [1.807, 2.05) is 0 Å². The van der Waals surface area contributed by atoms with Gasteiger partial charge in [0.05, 0.1) is 17.6 Å². The van der Waals surface area contributed by atoms with E-state index in [4.69, 9.17) is 11.3 Å². The fourth-order valence-electron chi connectivity index (χ4n) is 1.81.